The molecule has 3 heterocycles. The van der Waals surface area contributed by atoms with E-state index in [9.17, 15) is 0 Å². The number of aromatic nitrogens is 4. The summed E-state index contributed by atoms with van der Waals surface area (Å²) in [6.07, 6.45) is 6.29. The molecule has 0 atom stereocenters. The Kier molecular flexibility index (Phi) is 3.81. The fourth-order valence-electron chi connectivity index (χ4n) is 3.51. The third-order valence-corrected chi connectivity index (χ3v) is 5.22. The van der Waals surface area contributed by atoms with E-state index in [4.69, 9.17) is 4.98 Å². The number of aromatic amines is 1. The van der Waals surface area contributed by atoms with Gasteiger partial charge in [0.15, 0.2) is 5.82 Å². The van der Waals surface area contributed by atoms with Crippen LogP contribution in [0.4, 0.5) is 11.6 Å². The van der Waals surface area contributed by atoms with Crippen molar-refractivity contribution < 1.29 is 0 Å². The highest BCUT2D eigenvalue weighted by atomic mass is 15.3. The zero-order valence-corrected chi connectivity index (χ0v) is 14.7. The average Bonchev–Trinajstić information content (AvgIpc) is 3.46. The van der Waals surface area contributed by atoms with Crippen molar-refractivity contribution in [3.63, 3.8) is 0 Å². The second-order valence-electron chi connectivity index (χ2n) is 7.06. The van der Waals surface area contributed by atoms with Gasteiger partial charge < -0.3 is 9.80 Å². The molecule has 0 unspecified atom stereocenters. The Hall–Kier alpha value is -2.89. The van der Waals surface area contributed by atoms with E-state index >= 15 is 0 Å². The molecule has 1 saturated heterocycles. The molecule has 1 N–H and O–H groups in total. The molecule has 0 amide bonds. The Labute approximate surface area is 152 Å². The van der Waals surface area contributed by atoms with Crippen LogP contribution in [0.3, 0.4) is 0 Å². The van der Waals surface area contributed by atoms with Gasteiger partial charge in [-0.15, -0.1) is 0 Å². The molecule has 2 fully saturated rings. The van der Waals surface area contributed by atoms with E-state index in [1.807, 2.05) is 30.6 Å². The summed E-state index contributed by atoms with van der Waals surface area (Å²) in [7, 11) is 0. The lowest BCUT2D eigenvalue weighted by atomic mass is 10.2. The first-order valence-corrected chi connectivity index (χ1v) is 9.29. The molecule has 0 spiro atoms. The Morgan fingerprint density at radius 2 is 1.62 bits per heavy atom. The summed E-state index contributed by atoms with van der Waals surface area (Å²) in [6.45, 7) is 3.76. The van der Waals surface area contributed by atoms with Gasteiger partial charge in [0.25, 0.3) is 0 Å². The number of benzene rings is 1. The standard InChI is InChI=1S/C20H22N6/c1-2-4-15(5-3-1)18-13-21-14-20(22-18)26-10-8-25(9-11-26)19-12-17(23-24-19)16-6-7-16/h1-5,12-14,16H,6-11H2,(H,23,24). The number of hydrogen-bond donors (Lipinski definition) is 1. The van der Waals surface area contributed by atoms with E-state index in [-0.39, 0.29) is 0 Å². The lowest BCUT2D eigenvalue weighted by Gasteiger charge is -2.35. The van der Waals surface area contributed by atoms with Gasteiger partial charge in [0.05, 0.1) is 18.1 Å². The summed E-state index contributed by atoms with van der Waals surface area (Å²) in [5.74, 6) is 2.75. The van der Waals surface area contributed by atoms with E-state index in [0.717, 1.165) is 49.1 Å². The fraction of sp³-hybridized carbons (Fsp3) is 0.350. The second kappa shape index (κ2) is 6.44. The summed E-state index contributed by atoms with van der Waals surface area (Å²) < 4.78 is 0. The molecule has 2 aliphatic rings. The first-order valence-electron chi connectivity index (χ1n) is 9.29. The predicted octanol–water partition coefficient (Wildman–Crippen LogP) is 3.07. The maximum atomic E-state index is 4.82. The SMILES string of the molecule is c1ccc(-c2cncc(N3CCN(c4cc(C5CC5)[nH]n4)CC3)n2)cc1. The fourth-order valence-corrected chi connectivity index (χ4v) is 3.51. The van der Waals surface area contributed by atoms with Crippen molar-refractivity contribution in [2.24, 2.45) is 0 Å². The van der Waals surface area contributed by atoms with E-state index in [1.165, 1.54) is 18.5 Å². The van der Waals surface area contributed by atoms with Gasteiger partial charge in [0.2, 0.25) is 0 Å². The first-order chi connectivity index (χ1) is 12.9. The molecular formula is C20H22N6. The number of H-pyrrole nitrogens is 1. The summed E-state index contributed by atoms with van der Waals surface area (Å²) in [5.41, 5.74) is 3.32. The minimum Gasteiger partial charge on any atom is -0.352 e. The topological polar surface area (TPSA) is 60.9 Å². The number of piperazine rings is 1. The minimum absolute atomic E-state index is 0.716. The molecule has 1 aliphatic carbocycles. The van der Waals surface area contributed by atoms with E-state index in [2.05, 4.69) is 43.2 Å². The highest BCUT2D eigenvalue weighted by Gasteiger charge is 2.27. The molecule has 0 radical (unpaired) electrons. The minimum atomic E-state index is 0.716. The average molecular weight is 346 g/mol. The molecule has 6 heteroatoms. The number of anilines is 2. The monoisotopic (exact) mass is 346 g/mol. The normalized spacial score (nSPS) is 17.5. The Bertz CT molecular complexity index is 878. The number of nitrogens with one attached hydrogen (secondary N) is 1. The highest BCUT2D eigenvalue weighted by molar-refractivity contribution is 5.60. The molecule has 1 aliphatic heterocycles. The maximum absolute atomic E-state index is 4.82. The Morgan fingerprint density at radius 3 is 2.35 bits per heavy atom. The van der Waals surface area contributed by atoms with Crippen LogP contribution >= 0.6 is 0 Å². The predicted molar refractivity (Wildman–Crippen MR) is 102 cm³/mol. The van der Waals surface area contributed by atoms with Crippen molar-refractivity contribution in [3.8, 4) is 11.3 Å². The van der Waals surface area contributed by atoms with Crippen molar-refractivity contribution in [2.75, 3.05) is 36.0 Å². The maximum Gasteiger partial charge on any atom is 0.150 e. The van der Waals surface area contributed by atoms with E-state index in [1.54, 1.807) is 0 Å². The van der Waals surface area contributed by atoms with Gasteiger partial charge in [0.1, 0.15) is 5.82 Å². The van der Waals surface area contributed by atoms with Gasteiger partial charge in [-0.3, -0.25) is 10.1 Å². The molecule has 26 heavy (non-hydrogen) atoms. The number of rotatable bonds is 4. The van der Waals surface area contributed by atoms with Gasteiger partial charge in [-0.05, 0) is 12.8 Å². The molecule has 1 saturated carbocycles. The van der Waals surface area contributed by atoms with Gasteiger partial charge in [-0.2, -0.15) is 5.10 Å². The van der Waals surface area contributed by atoms with Gasteiger partial charge in [-0.25, -0.2) is 4.98 Å². The molecule has 3 aromatic rings. The quantitative estimate of drug-likeness (QED) is 0.787. The van der Waals surface area contributed by atoms with Crippen LogP contribution in [0.25, 0.3) is 11.3 Å². The van der Waals surface area contributed by atoms with E-state index in [0.29, 0.717) is 5.92 Å². The van der Waals surface area contributed by atoms with Crippen molar-refractivity contribution >= 4 is 11.6 Å². The van der Waals surface area contributed by atoms with Crippen molar-refractivity contribution in [3.05, 3.63) is 54.5 Å². The lowest BCUT2D eigenvalue weighted by molar-refractivity contribution is 0.640. The van der Waals surface area contributed by atoms with Crippen molar-refractivity contribution in [1.82, 2.24) is 20.2 Å². The summed E-state index contributed by atoms with van der Waals surface area (Å²) in [4.78, 5) is 13.9. The smallest absolute Gasteiger partial charge is 0.150 e. The lowest BCUT2D eigenvalue weighted by Crippen LogP contribution is -2.47. The zero-order chi connectivity index (χ0) is 17.3. The van der Waals surface area contributed by atoms with Crippen LogP contribution in [0.2, 0.25) is 0 Å². The third kappa shape index (κ3) is 3.03. The number of nitrogens with zero attached hydrogens (tertiary/aromatic N) is 5. The second-order valence-corrected chi connectivity index (χ2v) is 7.06. The van der Waals surface area contributed by atoms with Crippen LogP contribution in [0, 0.1) is 0 Å². The molecule has 132 valence electrons. The highest BCUT2D eigenvalue weighted by Crippen LogP contribution is 2.39. The molecule has 2 aromatic heterocycles. The van der Waals surface area contributed by atoms with Crippen LogP contribution in [0.1, 0.15) is 24.5 Å². The van der Waals surface area contributed by atoms with Crippen LogP contribution in [-0.4, -0.2) is 46.3 Å². The van der Waals surface area contributed by atoms with Crippen LogP contribution in [-0.2, 0) is 0 Å². The van der Waals surface area contributed by atoms with Crippen LogP contribution in [0.5, 0.6) is 0 Å². The zero-order valence-electron chi connectivity index (χ0n) is 14.7. The van der Waals surface area contributed by atoms with Crippen molar-refractivity contribution in [2.45, 2.75) is 18.8 Å². The molecule has 6 nitrogen and oxygen atoms in total. The first kappa shape index (κ1) is 15.4. The molecule has 1 aromatic carbocycles. The molecular weight excluding hydrogens is 324 g/mol. The number of hydrogen-bond acceptors (Lipinski definition) is 5. The largest absolute Gasteiger partial charge is 0.352 e. The van der Waals surface area contributed by atoms with E-state index < -0.39 is 0 Å². The van der Waals surface area contributed by atoms with Crippen LogP contribution < -0.4 is 9.80 Å². The molecule has 0 bridgehead atoms. The summed E-state index contributed by atoms with van der Waals surface area (Å²) >= 11 is 0. The Morgan fingerprint density at radius 1 is 0.885 bits per heavy atom. The molecule has 5 rings (SSSR count). The van der Waals surface area contributed by atoms with Crippen LogP contribution in [0.15, 0.2) is 48.8 Å². The summed E-state index contributed by atoms with van der Waals surface area (Å²) in [6, 6.07) is 12.4. The Balaban J connectivity index is 1.27. The van der Waals surface area contributed by atoms with Gasteiger partial charge in [-0.1, -0.05) is 30.3 Å². The summed E-state index contributed by atoms with van der Waals surface area (Å²) in [5, 5.41) is 7.71. The van der Waals surface area contributed by atoms with Gasteiger partial charge >= 0.3 is 0 Å². The van der Waals surface area contributed by atoms with Gasteiger partial charge in [0, 0.05) is 49.4 Å². The third-order valence-electron chi connectivity index (χ3n) is 5.22. The van der Waals surface area contributed by atoms with Crippen molar-refractivity contribution in [1.29, 1.82) is 0 Å².